The lowest BCUT2D eigenvalue weighted by Gasteiger charge is -2.14. The lowest BCUT2D eigenvalue weighted by Crippen LogP contribution is -2.29. The van der Waals surface area contributed by atoms with Gasteiger partial charge in [-0.25, -0.2) is 4.90 Å². The lowest BCUT2D eigenvalue weighted by atomic mass is 10.0. The second-order valence-corrected chi connectivity index (χ2v) is 6.96. The average molecular weight is 384 g/mol. The van der Waals surface area contributed by atoms with E-state index >= 15 is 0 Å². The Morgan fingerprint density at radius 3 is 2.14 bits per heavy atom. The molecule has 0 aliphatic carbocycles. The first-order valence-electron chi connectivity index (χ1n) is 9.31. The number of nitrogens with zero attached hydrogens (tertiary/aromatic N) is 2. The Morgan fingerprint density at radius 2 is 1.48 bits per heavy atom. The molecule has 0 saturated heterocycles. The van der Waals surface area contributed by atoms with Gasteiger partial charge in [-0.1, -0.05) is 42.0 Å². The van der Waals surface area contributed by atoms with Crippen molar-refractivity contribution in [3.05, 3.63) is 94.5 Å². The topological polar surface area (TPSA) is 59.0 Å². The largest absolute Gasteiger partial charge is 0.446 e. The Hall–Kier alpha value is -3.73. The van der Waals surface area contributed by atoms with Gasteiger partial charge in [-0.05, 0) is 54.8 Å². The predicted octanol–water partition coefficient (Wildman–Crippen LogP) is 4.42. The van der Waals surface area contributed by atoms with Crippen LogP contribution in [0.15, 0.2) is 71.7 Å². The number of rotatable bonds is 5. The maximum atomic E-state index is 12.9. The van der Waals surface area contributed by atoms with Crippen LogP contribution in [0.4, 0.5) is 5.69 Å². The third-order valence-corrected chi connectivity index (χ3v) is 4.88. The molecule has 5 nitrogen and oxygen atoms in total. The van der Waals surface area contributed by atoms with Gasteiger partial charge in [0.05, 0.1) is 16.8 Å². The Bertz CT molecular complexity index is 1100. The summed E-state index contributed by atoms with van der Waals surface area (Å²) in [6.45, 7) is 2.06. The highest BCUT2D eigenvalue weighted by atomic mass is 16.5. The van der Waals surface area contributed by atoms with Crippen molar-refractivity contribution in [2.75, 3.05) is 11.9 Å². The van der Waals surface area contributed by atoms with Gasteiger partial charge >= 0.3 is 0 Å². The second-order valence-electron chi connectivity index (χ2n) is 6.96. The predicted molar refractivity (Wildman–Crippen MR) is 113 cm³/mol. The molecule has 0 unspecified atom stereocenters. The molecule has 0 spiro atoms. The lowest BCUT2D eigenvalue weighted by molar-refractivity contribution is 0.0926. The average Bonchev–Trinajstić information content (AvgIpc) is 2.99. The number of aliphatic imine (C=N–C) groups is 1. The Labute approximate surface area is 169 Å². The van der Waals surface area contributed by atoms with E-state index in [2.05, 4.69) is 36.2 Å². The summed E-state index contributed by atoms with van der Waals surface area (Å²) in [7, 11) is 1.59. The first-order valence-corrected chi connectivity index (χ1v) is 9.31. The molecule has 1 heterocycles. The Kier molecular flexibility index (Phi) is 4.96. The summed E-state index contributed by atoms with van der Waals surface area (Å²) in [6.07, 6.45) is 2.08. The quantitative estimate of drug-likeness (QED) is 0.372. The third kappa shape index (κ3) is 3.67. The molecule has 2 amide bonds. The van der Waals surface area contributed by atoms with Crippen molar-refractivity contribution in [2.45, 2.75) is 13.3 Å². The molecule has 5 heteroatoms. The monoisotopic (exact) mass is 384 g/mol. The van der Waals surface area contributed by atoms with Gasteiger partial charge in [-0.2, -0.15) is 0 Å². The van der Waals surface area contributed by atoms with Crippen LogP contribution in [0.5, 0.6) is 5.75 Å². The zero-order valence-corrected chi connectivity index (χ0v) is 16.3. The summed E-state index contributed by atoms with van der Waals surface area (Å²) < 4.78 is 5.31. The Balaban J connectivity index is 1.55. The van der Waals surface area contributed by atoms with Gasteiger partial charge in [0, 0.05) is 7.05 Å². The van der Waals surface area contributed by atoms with Gasteiger partial charge in [-0.15, -0.1) is 0 Å². The molecule has 0 fully saturated rings. The van der Waals surface area contributed by atoms with Crippen LogP contribution in [0.3, 0.4) is 0 Å². The van der Waals surface area contributed by atoms with Gasteiger partial charge in [0.1, 0.15) is 5.75 Å². The van der Waals surface area contributed by atoms with E-state index in [-0.39, 0.29) is 11.8 Å². The zero-order chi connectivity index (χ0) is 20.4. The maximum Gasteiger partial charge on any atom is 0.266 e. The first-order chi connectivity index (χ1) is 14.1. The number of aryl methyl sites for hydroxylation is 1. The van der Waals surface area contributed by atoms with Crippen LogP contribution >= 0.6 is 0 Å². The number of ether oxygens (including phenoxy) is 1. The zero-order valence-electron chi connectivity index (χ0n) is 16.3. The molecule has 1 aliphatic rings. The van der Waals surface area contributed by atoms with Gasteiger partial charge in [-0.3, -0.25) is 14.6 Å². The number of amides is 2. The minimum Gasteiger partial charge on any atom is -0.446 e. The van der Waals surface area contributed by atoms with E-state index in [1.165, 1.54) is 22.4 Å². The highest BCUT2D eigenvalue weighted by molar-refractivity contribution is 6.34. The molecule has 0 aromatic heterocycles. The highest BCUT2D eigenvalue weighted by Gasteiger charge is 2.36. The van der Waals surface area contributed by atoms with E-state index in [1.54, 1.807) is 25.2 Å². The number of carbonyl (C=O) groups is 2. The van der Waals surface area contributed by atoms with Crippen molar-refractivity contribution in [1.82, 2.24) is 0 Å². The second kappa shape index (κ2) is 7.72. The van der Waals surface area contributed by atoms with Crippen molar-refractivity contribution in [3.8, 4) is 5.75 Å². The number of hydrogen-bond donors (Lipinski definition) is 0. The highest BCUT2D eigenvalue weighted by Crippen LogP contribution is 2.31. The van der Waals surface area contributed by atoms with Crippen molar-refractivity contribution < 1.29 is 14.3 Å². The normalized spacial score (nSPS) is 13.2. The third-order valence-electron chi connectivity index (χ3n) is 4.88. The van der Waals surface area contributed by atoms with Crippen LogP contribution < -0.4 is 9.64 Å². The van der Waals surface area contributed by atoms with Crippen molar-refractivity contribution in [1.29, 1.82) is 0 Å². The van der Waals surface area contributed by atoms with E-state index in [4.69, 9.17) is 4.74 Å². The molecule has 3 aromatic rings. The minimum atomic E-state index is -0.352. The summed E-state index contributed by atoms with van der Waals surface area (Å²) in [5, 5.41) is 0. The van der Waals surface area contributed by atoms with Crippen molar-refractivity contribution in [3.63, 3.8) is 0 Å². The fourth-order valence-electron chi connectivity index (χ4n) is 3.35. The standard InChI is InChI=1S/C24H20N2O3/c1-16-3-5-17(6-4-16)13-18-7-9-19(10-8-18)26-23(27)21-12-11-20(29-15-25-2)14-22(21)24(26)28/h3-12,14-15H,13H2,1-2H3/b25-15-. The maximum absolute atomic E-state index is 12.9. The first kappa shape index (κ1) is 18.6. The van der Waals surface area contributed by atoms with E-state index in [9.17, 15) is 9.59 Å². The summed E-state index contributed by atoms with van der Waals surface area (Å²) in [5.41, 5.74) is 4.82. The van der Waals surface area contributed by atoms with Crippen LogP contribution in [0, 0.1) is 6.92 Å². The summed E-state index contributed by atoms with van der Waals surface area (Å²) in [6, 6.07) is 20.8. The van der Waals surface area contributed by atoms with Gasteiger partial charge < -0.3 is 4.74 Å². The molecule has 0 bridgehead atoms. The van der Waals surface area contributed by atoms with Crippen LogP contribution in [0.2, 0.25) is 0 Å². The summed E-state index contributed by atoms with van der Waals surface area (Å²) in [4.78, 5) is 30.6. The molecule has 29 heavy (non-hydrogen) atoms. The minimum absolute atomic E-state index is 0.327. The molecular formula is C24H20N2O3. The van der Waals surface area contributed by atoms with E-state index in [1.807, 2.05) is 24.3 Å². The molecule has 0 atom stereocenters. The SMILES string of the molecule is C/N=C\Oc1ccc2c(c1)C(=O)N(c1ccc(Cc3ccc(C)cc3)cc1)C2=O. The fourth-order valence-corrected chi connectivity index (χ4v) is 3.35. The molecule has 144 valence electrons. The molecule has 0 N–H and O–H groups in total. The number of hydrogen-bond acceptors (Lipinski definition) is 4. The van der Waals surface area contributed by atoms with Gasteiger partial charge in [0.2, 0.25) is 0 Å². The van der Waals surface area contributed by atoms with Crippen LogP contribution in [-0.2, 0) is 6.42 Å². The van der Waals surface area contributed by atoms with Gasteiger partial charge in [0.15, 0.2) is 6.40 Å². The number of fused-ring (bicyclic) bond motifs is 1. The van der Waals surface area contributed by atoms with Gasteiger partial charge in [0.25, 0.3) is 11.8 Å². The smallest absolute Gasteiger partial charge is 0.266 e. The Morgan fingerprint density at radius 1 is 0.862 bits per heavy atom. The number of anilines is 1. The van der Waals surface area contributed by atoms with Crippen LogP contribution in [0.1, 0.15) is 37.4 Å². The fraction of sp³-hybridized carbons (Fsp3) is 0.125. The molecule has 1 aliphatic heterocycles. The molecule has 4 rings (SSSR count). The van der Waals surface area contributed by atoms with Crippen molar-refractivity contribution in [2.24, 2.45) is 4.99 Å². The number of imide groups is 1. The van der Waals surface area contributed by atoms with E-state index in [0.29, 0.717) is 22.6 Å². The molecule has 0 radical (unpaired) electrons. The number of benzene rings is 3. The molecule has 3 aromatic carbocycles. The summed E-state index contributed by atoms with van der Waals surface area (Å²) >= 11 is 0. The van der Waals surface area contributed by atoms with Crippen LogP contribution in [0.25, 0.3) is 0 Å². The van der Waals surface area contributed by atoms with E-state index in [0.717, 1.165) is 12.0 Å². The van der Waals surface area contributed by atoms with E-state index < -0.39 is 0 Å². The summed E-state index contributed by atoms with van der Waals surface area (Å²) in [5.74, 6) is -0.215. The van der Waals surface area contributed by atoms with Crippen LogP contribution in [-0.4, -0.2) is 25.3 Å². The molecule has 0 saturated carbocycles. The number of carbonyl (C=O) groups excluding carboxylic acids is 2. The van der Waals surface area contributed by atoms with Crippen molar-refractivity contribution >= 4 is 23.9 Å². The molecular weight excluding hydrogens is 364 g/mol.